The minimum absolute atomic E-state index is 0.345. The lowest BCUT2D eigenvalue weighted by molar-refractivity contribution is 0.0380. The molecule has 0 aliphatic carbocycles. The van der Waals surface area contributed by atoms with E-state index in [1.54, 1.807) is 13.8 Å². The van der Waals surface area contributed by atoms with Gasteiger partial charge in [0.15, 0.2) is 6.17 Å². The number of hydrogen-bond donors (Lipinski definition) is 0. The van der Waals surface area contributed by atoms with Crippen molar-refractivity contribution in [2.24, 2.45) is 5.92 Å². The van der Waals surface area contributed by atoms with Gasteiger partial charge in [-0.1, -0.05) is 13.8 Å². The predicted molar refractivity (Wildman–Crippen MR) is 40.9 cm³/mol. The first-order valence-electron chi connectivity index (χ1n) is 3.64. The van der Waals surface area contributed by atoms with E-state index >= 15 is 0 Å². The molecule has 0 saturated heterocycles. The summed E-state index contributed by atoms with van der Waals surface area (Å²) in [6.45, 7) is 4.63. The molecule has 0 spiro atoms. The van der Waals surface area contributed by atoms with Crippen LogP contribution in [-0.4, -0.2) is 26.5 Å². The highest BCUT2D eigenvalue weighted by molar-refractivity contribution is 5.98. The smallest absolute Gasteiger partial charge is 0.283 e. The molecular formula is C7H13BF2O. The quantitative estimate of drug-likeness (QED) is 0.572. The summed E-state index contributed by atoms with van der Waals surface area (Å²) in [6, 6.07) is 0. The lowest BCUT2D eigenvalue weighted by Crippen LogP contribution is -2.33. The molecule has 0 aliphatic rings. The zero-order valence-electron chi connectivity index (χ0n) is 7.05. The van der Waals surface area contributed by atoms with E-state index in [0.29, 0.717) is 0 Å². The highest BCUT2D eigenvalue weighted by Crippen LogP contribution is 2.17. The fourth-order valence-electron chi connectivity index (χ4n) is 0.702. The molecule has 4 heteroatoms. The van der Waals surface area contributed by atoms with Crippen LogP contribution in [-0.2, 0) is 4.65 Å². The van der Waals surface area contributed by atoms with Crippen LogP contribution in [0.4, 0.5) is 8.78 Å². The second kappa shape index (κ2) is 4.70. The first-order chi connectivity index (χ1) is 5.00. The van der Waals surface area contributed by atoms with Gasteiger partial charge in [0.1, 0.15) is 6.17 Å². The summed E-state index contributed by atoms with van der Waals surface area (Å²) in [5, 5.41) is 0. The van der Waals surface area contributed by atoms with Crippen molar-refractivity contribution in [1.29, 1.82) is 0 Å². The number of hydrogen-bond acceptors (Lipinski definition) is 1. The van der Waals surface area contributed by atoms with Crippen LogP contribution < -0.4 is 0 Å². The van der Waals surface area contributed by atoms with Gasteiger partial charge in [-0.3, -0.25) is 0 Å². The van der Waals surface area contributed by atoms with Crippen LogP contribution >= 0.6 is 0 Å². The molecule has 0 aromatic rings. The average Bonchev–Trinajstić information content (AvgIpc) is 2.00. The van der Waals surface area contributed by atoms with E-state index in [2.05, 4.69) is 4.65 Å². The van der Waals surface area contributed by atoms with Crippen molar-refractivity contribution < 1.29 is 13.4 Å². The van der Waals surface area contributed by atoms with Gasteiger partial charge in [-0.15, -0.1) is 0 Å². The van der Waals surface area contributed by atoms with Crippen LogP contribution in [0.25, 0.3) is 0 Å². The van der Waals surface area contributed by atoms with Gasteiger partial charge in [0.25, 0.3) is 8.05 Å². The van der Waals surface area contributed by atoms with E-state index in [1.165, 1.54) is 6.92 Å². The van der Waals surface area contributed by atoms with E-state index in [4.69, 9.17) is 8.05 Å². The maximum atomic E-state index is 12.9. The molecule has 3 atom stereocenters. The molecule has 64 valence electrons. The molecule has 0 aromatic heterocycles. The minimum Gasteiger partial charge on any atom is -0.442 e. The second-order valence-electron chi connectivity index (χ2n) is 2.97. The van der Waals surface area contributed by atoms with E-state index in [9.17, 15) is 8.78 Å². The van der Waals surface area contributed by atoms with Crippen molar-refractivity contribution in [3.8, 4) is 0 Å². The first-order valence-corrected chi connectivity index (χ1v) is 3.64. The maximum Gasteiger partial charge on any atom is 0.283 e. The SMILES string of the molecule is [B]OC(C)C(F)C(F)C(C)C. The van der Waals surface area contributed by atoms with Crippen molar-refractivity contribution >= 4 is 8.05 Å². The van der Waals surface area contributed by atoms with Crippen LogP contribution in [0.1, 0.15) is 20.8 Å². The molecule has 11 heavy (non-hydrogen) atoms. The highest BCUT2D eigenvalue weighted by atomic mass is 19.2. The highest BCUT2D eigenvalue weighted by Gasteiger charge is 2.28. The van der Waals surface area contributed by atoms with Crippen LogP contribution in [0.3, 0.4) is 0 Å². The molecule has 0 fully saturated rings. The maximum absolute atomic E-state index is 12.9. The average molecular weight is 162 g/mol. The van der Waals surface area contributed by atoms with Crippen molar-refractivity contribution in [3.05, 3.63) is 0 Å². The van der Waals surface area contributed by atoms with Gasteiger partial charge in [-0.05, 0) is 12.8 Å². The summed E-state index contributed by atoms with van der Waals surface area (Å²) < 4.78 is 29.9. The lowest BCUT2D eigenvalue weighted by atomic mass is 10.0. The Morgan fingerprint density at radius 3 is 1.82 bits per heavy atom. The summed E-state index contributed by atoms with van der Waals surface area (Å²) >= 11 is 0. The standard InChI is InChI=1S/C7H13BF2O/c1-4(2)6(9)7(10)5(3)11-8/h4-7H,1-3H3. The zero-order valence-corrected chi connectivity index (χ0v) is 7.05. The van der Waals surface area contributed by atoms with Gasteiger partial charge < -0.3 is 4.65 Å². The fourth-order valence-corrected chi connectivity index (χ4v) is 0.702. The summed E-state index contributed by atoms with van der Waals surface area (Å²) in [5.41, 5.74) is 0. The predicted octanol–water partition coefficient (Wildman–Crippen LogP) is 1.81. The molecule has 3 unspecified atom stereocenters. The van der Waals surface area contributed by atoms with Gasteiger partial charge in [0.05, 0.1) is 6.10 Å². The molecule has 0 aliphatic heterocycles. The molecule has 0 rings (SSSR count). The first kappa shape index (κ1) is 10.9. The normalized spacial score (nSPS) is 19.8. The largest absolute Gasteiger partial charge is 0.442 e. The molecule has 0 saturated carbocycles. The summed E-state index contributed by atoms with van der Waals surface area (Å²) in [5.74, 6) is -0.345. The molecule has 0 aromatic carbocycles. The van der Waals surface area contributed by atoms with Crippen molar-refractivity contribution in [1.82, 2.24) is 0 Å². The van der Waals surface area contributed by atoms with Crippen LogP contribution in [0, 0.1) is 5.92 Å². The topological polar surface area (TPSA) is 9.23 Å². The summed E-state index contributed by atoms with van der Waals surface area (Å²) in [4.78, 5) is 0. The molecule has 0 bridgehead atoms. The van der Waals surface area contributed by atoms with Crippen molar-refractivity contribution in [2.75, 3.05) is 0 Å². The van der Waals surface area contributed by atoms with E-state index in [0.717, 1.165) is 0 Å². The third kappa shape index (κ3) is 3.19. The molecule has 0 N–H and O–H groups in total. The zero-order chi connectivity index (χ0) is 9.02. The van der Waals surface area contributed by atoms with Crippen LogP contribution in [0.5, 0.6) is 0 Å². The van der Waals surface area contributed by atoms with Gasteiger partial charge in [0.2, 0.25) is 0 Å². The molecule has 1 nitrogen and oxygen atoms in total. The van der Waals surface area contributed by atoms with E-state index in [1.807, 2.05) is 0 Å². The lowest BCUT2D eigenvalue weighted by Gasteiger charge is -2.21. The number of alkyl halides is 2. The Balaban J connectivity index is 3.90. The molecule has 2 radical (unpaired) electrons. The third-order valence-electron chi connectivity index (χ3n) is 1.60. The van der Waals surface area contributed by atoms with Crippen LogP contribution in [0.2, 0.25) is 0 Å². The van der Waals surface area contributed by atoms with Crippen LogP contribution in [0.15, 0.2) is 0 Å². The molecule has 0 amide bonds. The summed E-state index contributed by atoms with van der Waals surface area (Å²) in [6.07, 6.45) is -4.03. The van der Waals surface area contributed by atoms with Gasteiger partial charge in [-0.2, -0.15) is 0 Å². The number of halogens is 2. The van der Waals surface area contributed by atoms with E-state index < -0.39 is 18.4 Å². The van der Waals surface area contributed by atoms with Crippen molar-refractivity contribution in [2.45, 2.75) is 39.2 Å². The fraction of sp³-hybridized carbons (Fsp3) is 1.00. The Morgan fingerprint density at radius 1 is 1.09 bits per heavy atom. The Kier molecular flexibility index (Phi) is 4.65. The Bertz CT molecular complexity index is 111. The van der Waals surface area contributed by atoms with Gasteiger partial charge in [0, 0.05) is 0 Å². The molecular weight excluding hydrogens is 149 g/mol. The Hall–Kier alpha value is -0.115. The Labute approximate surface area is 67.6 Å². The monoisotopic (exact) mass is 162 g/mol. The third-order valence-corrected chi connectivity index (χ3v) is 1.60. The van der Waals surface area contributed by atoms with Gasteiger partial charge in [-0.25, -0.2) is 8.78 Å². The second-order valence-corrected chi connectivity index (χ2v) is 2.97. The Morgan fingerprint density at radius 2 is 1.55 bits per heavy atom. The summed E-state index contributed by atoms with van der Waals surface area (Å²) in [7, 11) is 4.70. The van der Waals surface area contributed by atoms with Crippen molar-refractivity contribution in [3.63, 3.8) is 0 Å². The minimum atomic E-state index is -1.64. The van der Waals surface area contributed by atoms with Gasteiger partial charge >= 0.3 is 0 Å². The van der Waals surface area contributed by atoms with E-state index in [-0.39, 0.29) is 5.92 Å². The molecule has 0 heterocycles. The number of rotatable bonds is 4.